The fourth-order valence-corrected chi connectivity index (χ4v) is 2.62. The van der Waals surface area contributed by atoms with Crippen LogP contribution in [0.3, 0.4) is 0 Å². The second-order valence-corrected chi connectivity index (χ2v) is 5.33. The first-order valence-electron chi connectivity index (χ1n) is 6.87. The minimum atomic E-state index is 0.596. The SMILES string of the molecule is CNCC1CN(c2ccc(C)cc2)CCCN1C. The summed E-state index contributed by atoms with van der Waals surface area (Å²) in [7, 11) is 4.27. The average Bonchev–Trinajstić information content (AvgIpc) is 2.54. The van der Waals surface area contributed by atoms with Crippen LogP contribution in [0.15, 0.2) is 24.3 Å². The third-order valence-electron chi connectivity index (χ3n) is 3.83. The Balaban J connectivity index is 2.10. The minimum absolute atomic E-state index is 0.596. The molecule has 1 aliphatic rings. The topological polar surface area (TPSA) is 18.5 Å². The zero-order valence-corrected chi connectivity index (χ0v) is 11.8. The van der Waals surface area contributed by atoms with Crippen molar-refractivity contribution < 1.29 is 0 Å². The molecule has 0 saturated carbocycles. The molecule has 0 amide bonds. The van der Waals surface area contributed by atoms with Crippen LogP contribution >= 0.6 is 0 Å². The molecule has 2 rings (SSSR count). The van der Waals surface area contributed by atoms with E-state index < -0.39 is 0 Å². The molecular formula is C15H25N3. The Morgan fingerprint density at radius 3 is 2.61 bits per heavy atom. The highest BCUT2D eigenvalue weighted by atomic mass is 15.2. The molecule has 18 heavy (non-hydrogen) atoms. The van der Waals surface area contributed by atoms with Crippen molar-refractivity contribution in [2.24, 2.45) is 0 Å². The Bertz CT molecular complexity index is 361. The number of rotatable bonds is 3. The third kappa shape index (κ3) is 3.24. The average molecular weight is 247 g/mol. The van der Waals surface area contributed by atoms with Gasteiger partial charge in [0.05, 0.1) is 0 Å². The molecule has 1 fully saturated rings. The van der Waals surface area contributed by atoms with E-state index in [1.54, 1.807) is 0 Å². The molecule has 1 aromatic carbocycles. The van der Waals surface area contributed by atoms with Crippen molar-refractivity contribution in [2.45, 2.75) is 19.4 Å². The second kappa shape index (κ2) is 6.21. The van der Waals surface area contributed by atoms with Crippen LogP contribution < -0.4 is 10.2 Å². The van der Waals surface area contributed by atoms with Crippen molar-refractivity contribution in [3.63, 3.8) is 0 Å². The molecule has 1 unspecified atom stereocenters. The molecule has 0 aliphatic carbocycles. The van der Waals surface area contributed by atoms with Gasteiger partial charge in [-0.15, -0.1) is 0 Å². The molecule has 0 aromatic heterocycles. The van der Waals surface area contributed by atoms with Crippen LogP contribution in [0.5, 0.6) is 0 Å². The Hall–Kier alpha value is -1.06. The summed E-state index contributed by atoms with van der Waals surface area (Å²) in [5, 5.41) is 3.31. The van der Waals surface area contributed by atoms with Gasteiger partial charge in [-0.2, -0.15) is 0 Å². The molecule has 0 radical (unpaired) electrons. The van der Waals surface area contributed by atoms with Crippen LogP contribution in [0.25, 0.3) is 0 Å². The Morgan fingerprint density at radius 2 is 1.94 bits per heavy atom. The van der Waals surface area contributed by atoms with E-state index >= 15 is 0 Å². The zero-order valence-electron chi connectivity index (χ0n) is 11.8. The lowest BCUT2D eigenvalue weighted by Gasteiger charge is -2.30. The third-order valence-corrected chi connectivity index (χ3v) is 3.83. The van der Waals surface area contributed by atoms with E-state index in [9.17, 15) is 0 Å². The Kier molecular flexibility index (Phi) is 4.61. The quantitative estimate of drug-likeness (QED) is 0.877. The summed E-state index contributed by atoms with van der Waals surface area (Å²) in [6.07, 6.45) is 1.24. The summed E-state index contributed by atoms with van der Waals surface area (Å²) in [4.78, 5) is 5.00. The van der Waals surface area contributed by atoms with Crippen molar-refractivity contribution in [3.05, 3.63) is 29.8 Å². The molecule has 1 heterocycles. The van der Waals surface area contributed by atoms with Gasteiger partial charge >= 0.3 is 0 Å². The number of benzene rings is 1. The van der Waals surface area contributed by atoms with Gasteiger partial charge in [0.1, 0.15) is 0 Å². The van der Waals surface area contributed by atoms with Gasteiger partial charge in [0.2, 0.25) is 0 Å². The molecule has 3 nitrogen and oxygen atoms in total. The van der Waals surface area contributed by atoms with Crippen LogP contribution in [-0.2, 0) is 0 Å². The summed E-state index contributed by atoms with van der Waals surface area (Å²) in [6, 6.07) is 9.50. The van der Waals surface area contributed by atoms with Crippen molar-refractivity contribution in [1.82, 2.24) is 10.2 Å². The van der Waals surface area contributed by atoms with Crippen molar-refractivity contribution in [2.75, 3.05) is 45.2 Å². The maximum absolute atomic E-state index is 3.31. The summed E-state index contributed by atoms with van der Waals surface area (Å²) in [6.45, 7) is 6.66. The zero-order chi connectivity index (χ0) is 13.0. The number of hydrogen-bond donors (Lipinski definition) is 1. The lowest BCUT2D eigenvalue weighted by molar-refractivity contribution is 0.257. The molecule has 1 aliphatic heterocycles. The van der Waals surface area contributed by atoms with Gasteiger partial charge in [-0.05, 0) is 46.1 Å². The first kappa shape index (κ1) is 13.4. The van der Waals surface area contributed by atoms with Crippen LogP contribution in [0.4, 0.5) is 5.69 Å². The summed E-state index contributed by atoms with van der Waals surface area (Å²) in [5.41, 5.74) is 2.69. The molecule has 3 heteroatoms. The molecule has 1 aromatic rings. The van der Waals surface area contributed by atoms with E-state index in [0.717, 1.165) is 19.6 Å². The maximum atomic E-state index is 3.31. The smallest absolute Gasteiger partial charge is 0.0392 e. The lowest BCUT2D eigenvalue weighted by Crippen LogP contribution is -2.44. The number of nitrogens with one attached hydrogen (secondary N) is 1. The summed E-state index contributed by atoms with van der Waals surface area (Å²) in [5.74, 6) is 0. The largest absolute Gasteiger partial charge is 0.370 e. The normalized spacial score (nSPS) is 21.9. The second-order valence-electron chi connectivity index (χ2n) is 5.33. The fourth-order valence-electron chi connectivity index (χ4n) is 2.62. The number of nitrogens with zero attached hydrogens (tertiary/aromatic N) is 2. The minimum Gasteiger partial charge on any atom is -0.370 e. The van der Waals surface area contributed by atoms with E-state index in [0.29, 0.717) is 6.04 Å². The molecule has 1 N–H and O–H groups in total. The highest BCUT2D eigenvalue weighted by Crippen LogP contribution is 2.18. The van der Waals surface area contributed by atoms with E-state index in [-0.39, 0.29) is 0 Å². The predicted molar refractivity (Wildman–Crippen MR) is 78.4 cm³/mol. The van der Waals surface area contributed by atoms with Crippen molar-refractivity contribution in [1.29, 1.82) is 0 Å². The molecule has 1 atom stereocenters. The summed E-state index contributed by atoms with van der Waals surface area (Å²) < 4.78 is 0. The van der Waals surface area contributed by atoms with E-state index in [1.807, 2.05) is 7.05 Å². The molecule has 0 bridgehead atoms. The highest BCUT2D eigenvalue weighted by molar-refractivity contribution is 5.47. The van der Waals surface area contributed by atoms with Crippen LogP contribution in [0.1, 0.15) is 12.0 Å². The van der Waals surface area contributed by atoms with Gasteiger partial charge < -0.3 is 15.1 Å². The highest BCUT2D eigenvalue weighted by Gasteiger charge is 2.21. The first-order chi connectivity index (χ1) is 8.70. The van der Waals surface area contributed by atoms with Gasteiger partial charge in [0.25, 0.3) is 0 Å². The Labute approximate surface area is 111 Å². The molecular weight excluding hydrogens is 222 g/mol. The van der Waals surface area contributed by atoms with Gasteiger partial charge in [-0.1, -0.05) is 17.7 Å². The maximum Gasteiger partial charge on any atom is 0.0392 e. The van der Waals surface area contributed by atoms with Crippen molar-refractivity contribution in [3.8, 4) is 0 Å². The lowest BCUT2D eigenvalue weighted by atomic mass is 10.2. The molecule has 1 saturated heterocycles. The summed E-state index contributed by atoms with van der Waals surface area (Å²) >= 11 is 0. The molecule has 100 valence electrons. The number of aryl methyl sites for hydroxylation is 1. The molecule has 0 spiro atoms. The predicted octanol–water partition coefficient (Wildman–Crippen LogP) is 1.72. The van der Waals surface area contributed by atoms with Gasteiger partial charge in [-0.25, -0.2) is 0 Å². The van der Waals surface area contributed by atoms with E-state index in [1.165, 1.54) is 24.2 Å². The van der Waals surface area contributed by atoms with Crippen LogP contribution in [0.2, 0.25) is 0 Å². The first-order valence-corrected chi connectivity index (χ1v) is 6.87. The van der Waals surface area contributed by atoms with Gasteiger partial charge in [-0.3, -0.25) is 0 Å². The fraction of sp³-hybridized carbons (Fsp3) is 0.600. The monoisotopic (exact) mass is 247 g/mol. The van der Waals surface area contributed by atoms with Crippen molar-refractivity contribution >= 4 is 5.69 Å². The number of likely N-dealkylation sites (N-methyl/N-ethyl adjacent to an activating group) is 2. The van der Waals surface area contributed by atoms with Gasteiger partial charge in [0.15, 0.2) is 0 Å². The number of hydrogen-bond acceptors (Lipinski definition) is 3. The standard InChI is InChI=1S/C15H25N3/c1-13-5-7-14(8-6-13)18-10-4-9-17(3)15(12-18)11-16-2/h5-8,15-16H,4,9-12H2,1-3H3. The number of anilines is 1. The Morgan fingerprint density at radius 1 is 1.22 bits per heavy atom. The van der Waals surface area contributed by atoms with E-state index in [4.69, 9.17) is 0 Å². The van der Waals surface area contributed by atoms with Crippen LogP contribution in [-0.4, -0.2) is 51.2 Å². The van der Waals surface area contributed by atoms with E-state index in [2.05, 4.69) is 53.4 Å². The van der Waals surface area contributed by atoms with Crippen LogP contribution in [0, 0.1) is 6.92 Å². The van der Waals surface area contributed by atoms with Gasteiger partial charge in [0, 0.05) is 31.4 Å².